The van der Waals surface area contributed by atoms with Crippen LogP contribution in [0.3, 0.4) is 0 Å². The van der Waals surface area contributed by atoms with Gasteiger partial charge in [-0.3, -0.25) is 4.79 Å². The predicted molar refractivity (Wildman–Crippen MR) is 98.4 cm³/mol. The first-order valence-electron chi connectivity index (χ1n) is 7.58. The number of thiophene rings is 1. The van der Waals surface area contributed by atoms with Crippen LogP contribution in [0.25, 0.3) is 11.4 Å². The van der Waals surface area contributed by atoms with Gasteiger partial charge < -0.3 is 11.1 Å². The van der Waals surface area contributed by atoms with E-state index in [1.165, 1.54) is 0 Å². The molecule has 8 heteroatoms. The summed E-state index contributed by atoms with van der Waals surface area (Å²) in [4.78, 5) is 17.6. The molecule has 0 fully saturated rings. The van der Waals surface area contributed by atoms with Gasteiger partial charge in [-0.05, 0) is 42.6 Å². The number of halogens is 1. The van der Waals surface area contributed by atoms with E-state index in [4.69, 9.17) is 17.3 Å². The van der Waals surface area contributed by atoms with Crippen LogP contribution >= 0.6 is 22.9 Å². The first-order valence-corrected chi connectivity index (χ1v) is 8.84. The Morgan fingerprint density at radius 3 is 2.72 bits per heavy atom. The molecule has 1 aromatic carbocycles. The SMILES string of the molecule is CC1=C(C(N)=O)[C@@H](c2cccs2)n2nc(-c3ccc(Cl)cc3)nc2N1. The molecule has 1 aliphatic heterocycles. The second kappa shape index (κ2) is 6.02. The summed E-state index contributed by atoms with van der Waals surface area (Å²) in [5.74, 6) is 0.655. The number of allylic oxidation sites excluding steroid dienone is 1. The monoisotopic (exact) mass is 371 g/mol. The number of primary amides is 1. The number of fused-ring (bicyclic) bond motifs is 1. The number of amides is 1. The molecule has 0 bridgehead atoms. The van der Waals surface area contributed by atoms with Gasteiger partial charge >= 0.3 is 0 Å². The fourth-order valence-corrected chi connectivity index (χ4v) is 3.85. The van der Waals surface area contributed by atoms with Crippen molar-refractivity contribution in [3.05, 3.63) is 62.9 Å². The molecule has 126 valence electrons. The average Bonchev–Trinajstić information content (AvgIpc) is 3.23. The fraction of sp³-hybridized carbons (Fsp3) is 0.118. The molecule has 3 N–H and O–H groups in total. The molecule has 25 heavy (non-hydrogen) atoms. The lowest BCUT2D eigenvalue weighted by Gasteiger charge is -2.26. The molecule has 0 spiro atoms. The second-order valence-corrected chi connectivity index (χ2v) is 7.07. The Morgan fingerprint density at radius 2 is 2.08 bits per heavy atom. The summed E-state index contributed by atoms with van der Waals surface area (Å²) < 4.78 is 1.71. The van der Waals surface area contributed by atoms with Crippen molar-refractivity contribution in [3.63, 3.8) is 0 Å². The Bertz CT molecular complexity index is 975. The summed E-state index contributed by atoms with van der Waals surface area (Å²) in [6, 6.07) is 10.8. The molecule has 4 rings (SSSR count). The van der Waals surface area contributed by atoms with E-state index in [1.54, 1.807) is 28.2 Å². The van der Waals surface area contributed by atoms with Crippen LogP contribution in [0.1, 0.15) is 17.8 Å². The summed E-state index contributed by atoms with van der Waals surface area (Å²) in [6.45, 7) is 1.82. The van der Waals surface area contributed by atoms with Gasteiger partial charge in [-0.15, -0.1) is 16.4 Å². The molecule has 0 saturated heterocycles. The van der Waals surface area contributed by atoms with Crippen molar-refractivity contribution < 1.29 is 4.79 Å². The molecule has 1 amide bonds. The fourth-order valence-electron chi connectivity index (χ4n) is 2.90. The molecule has 0 aliphatic carbocycles. The van der Waals surface area contributed by atoms with Crippen molar-refractivity contribution in [2.75, 3.05) is 5.32 Å². The quantitative estimate of drug-likeness (QED) is 0.738. The van der Waals surface area contributed by atoms with Crippen LogP contribution in [0.5, 0.6) is 0 Å². The highest BCUT2D eigenvalue weighted by molar-refractivity contribution is 7.10. The summed E-state index contributed by atoms with van der Waals surface area (Å²) in [7, 11) is 0. The zero-order valence-electron chi connectivity index (χ0n) is 13.2. The highest BCUT2D eigenvalue weighted by atomic mass is 35.5. The molecule has 6 nitrogen and oxygen atoms in total. The van der Waals surface area contributed by atoms with Gasteiger partial charge in [0, 0.05) is 21.2 Å². The van der Waals surface area contributed by atoms with E-state index in [0.717, 1.165) is 10.4 Å². The minimum atomic E-state index is -0.474. The van der Waals surface area contributed by atoms with Crippen molar-refractivity contribution in [2.24, 2.45) is 5.73 Å². The number of aromatic nitrogens is 3. The maximum absolute atomic E-state index is 12.0. The van der Waals surface area contributed by atoms with Gasteiger partial charge in [0.2, 0.25) is 11.9 Å². The lowest BCUT2D eigenvalue weighted by Crippen LogP contribution is -2.31. The second-order valence-electron chi connectivity index (χ2n) is 5.66. The molecule has 3 aromatic rings. The van der Waals surface area contributed by atoms with Crippen LogP contribution in [0, 0.1) is 0 Å². The van der Waals surface area contributed by atoms with Gasteiger partial charge in [-0.1, -0.05) is 17.7 Å². The summed E-state index contributed by atoms with van der Waals surface area (Å²) in [6.07, 6.45) is 0. The molecule has 1 atom stereocenters. The first kappa shape index (κ1) is 15.9. The lowest BCUT2D eigenvalue weighted by molar-refractivity contribution is -0.115. The third-order valence-corrected chi connectivity index (χ3v) is 5.21. The van der Waals surface area contributed by atoms with Crippen molar-refractivity contribution in [2.45, 2.75) is 13.0 Å². The molecule has 2 aromatic heterocycles. The smallest absolute Gasteiger partial charge is 0.248 e. The van der Waals surface area contributed by atoms with Crippen molar-refractivity contribution in [1.82, 2.24) is 14.8 Å². The average molecular weight is 372 g/mol. The Morgan fingerprint density at radius 1 is 1.32 bits per heavy atom. The number of hydrogen-bond acceptors (Lipinski definition) is 5. The Balaban J connectivity index is 1.86. The zero-order chi connectivity index (χ0) is 17.6. The number of carbonyl (C=O) groups is 1. The van der Waals surface area contributed by atoms with E-state index in [0.29, 0.717) is 28.1 Å². The predicted octanol–water partition coefficient (Wildman–Crippen LogP) is 3.43. The summed E-state index contributed by atoms with van der Waals surface area (Å²) in [5, 5.41) is 10.4. The summed E-state index contributed by atoms with van der Waals surface area (Å²) >= 11 is 7.50. The Labute approximate surface area is 152 Å². The van der Waals surface area contributed by atoms with Crippen LogP contribution in [-0.2, 0) is 4.79 Å². The molecule has 0 radical (unpaired) electrons. The standard InChI is InChI=1S/C17H14ClN5OS/c1-9-13(15(19)24)14(12-3-2-8-25-12)23-17(20-9)21-16(22-23)10-4-6-11(18)7-5-10/h2-8,14H,1H3,(H2,19,24)(H,20,21,22)/t14-/m1/s1. The highest BCUT2D eigenvalue weighted by Gasteiger charge is 2.33. The minimum absolute atomic E-state index is 0.387. The number of nitrogens with two attached hydrogens (primary N) is 1. The third kappa shape index (κ3) is 2.71. The van der Waals surface area contributed by atoms with Crippen LogP contribution in [0.15, 0.2) is 53.0 Å². The van der Waals surface area contributed by atoms with Gasteiger partial charge in [-0.25, -0.2) is 4.68 Å². The number of carbonyl (C=O) groups excluding carboxylic acids is 1. The largest absolute Gasteiger partial charge is 0.366 e. The number of rotatable bonds is 3. The van der Waals surface area contributed by atoms with E-state index in [-0.39, 0.29) is 6.04 Å². The molecule has 0 unspecified atom stereocenters. The van der Waals surface area contributed by atoms with E-state index in [1.807, 2.05) is 36.6 Å². The molecule has 3 heterocycles. The summed E-state index contributed by atoms with van der Waals surface area (Å²) in [5.41, 5.74) is 7.66. The number of hydrogen-bond donors (Lipinski definition) is 2. The number of nitrogens with one attached hydrogen (secondary N) is 1. The molecule has 0 saturated carbocycles. The number of nitrogens with zero attached hydrogens (tertiary/aromatic N) is 3. The van der Waals surface area contributed by atoms with Crippen LogP contribution in [0.4, 0.5) is 5.95 Å². The van der Waals surface area contributed by atoms with E-state index in [2.05, 4.69) is 15.4 Å². The van der Waals surface area contributed by atoms with Crippen LogP contribution < -0.4 is 11.1 Å². The van der Waals surface area contributed by atoms with Gasteiger partial charge in [-0.2, -0.15) is 4.98 Å². The van der Waals surface area contributed by atoms with Crippen molar-refractivity contribution in [3.8, 4) is 11.4 Å². The van der Waals surface area contributed by atoms with Crippen LogP contribution in [-0.4, -0.2) is 20.7 Å². The third-order valence-electron chi connectivity index (χ3n) is 4.03. The van der Waals surface area contributed by atoms with Gasteiger partial charge in [0.15, 0.2) is 5.82 Å². The normalized spacial score (nSPS) is 16.5. The topological polar surface area (TPSA) is 85.8 Å². The maximum Gasteiger partial charge on any atom is 0.248 e. The lowest BCUT2D eigenvalue weighted by atomic mass is 10.0. The van der Waals surface area contributed by atoms with Crippen LogP contribution in [0.2, 0.25) is 5.02 Å². The van der Waals surface area contributed by atoms with Gasteiger partial charge in [0.05, 0.1) is 5.57 Å². The van der Waals surface area contributed by atoms with Crippen molar-refractivity contribution in [1.29, 1.82) is 0 Å². The van der Waals surface area contributed by atoms with Crippen molar-refractivity contribution >= 4 is 34.8 Å². The zero-order valence-corrected chi connectivity index (χ0v) is 14.8. The van der Waals surface area contributed by atoms with E-state index in [9.17, 15) is 4.79 Å². The number of benzene rings is 1. The Kier molecular flexibility index (Phi) is 3.82. The molecule has 1 aliphatic rings. The van der Waals surface area contributed by atoms with E-state index >= 15 is 0 Å². The minimum Gasteiger partial charge on any atom is -0.366 e. The van der Waals surface area contributed by atoms with Gasteiger partial charge in [0.25, 0.3) is 0 Å². The van der Waals surface area contributed by atoms with Gasteiger partial charge in [0.1, 0.15) is 6.04 Å². The molecular formula is C17H14ClN5OS. The number of anilines is 1. The van der Waals surface area contributed by atoms with E-state index < -0.39 is 5.91 Å². The maximum atomic E-state index is 12.0. The molecular weight excluding hydrogens is 358 g/mol. The Hall–Kier alpha value is -2.64. The first-order chi connectivity index (χ1) is 12.0. The highest BCUT2D eigenvalue weighted by Crippen LogP contribution is 2.37.